The highest BCUT2D eigenvalue weighted by Crippen LogP contribution is 2.36. The van der Waals surface area contributed by atoms with Crippen molar-refractivity contribution in [3.63, 3.8) is 0 Å². The van der Waals surface area contributed by atoms with Crippen molar-refractivity contribution < 1.29 is 9.47 Å². The van der Waals surface area contributed by atoms with Crippen LogP contribution in [0.1, 0.15) is 16.7 Å². The summed E-state index contributed by atoms with van der Waals surface area (Å²) < 4.78 is 13.4. The Labute approximate surface area is 165 Å². The topological polar surface area (TPSA) is 62.1 Å². The molecule has 0 atom stereocenters. The van der Waals surface area contributed by atoms with E-state index in [0.717, 1.165) is 20.9 Å². The molecule has 0 unspecified atom stereocenters. The first-order valence-electron chi connectivity index (χ1n) is 7.92. The van der Waals surface area contributed by atoms with Crippen molar-refractivity contribution in [3.8, 4) is 17.2 Å². The van der Waals surface area contributed by atoms with Gasteiger partial charge in [0.1, 0.15) is 0 Å². The highest BCUT2D eigenvalue weighted by atomic mass is 79.9. The number of thioether (sulfide) groups is 1. The quantitative estimate of drug-likeness (QED) is 0.537. The molecular formula is C18H19BrN4O2S. The molecule has 0 radical (unpaired) electrons. The third-order valence-corrected chi connectivity index (χ3v) is 5.79. The lowest BCUT2D eigenvalue weighted by Gasteiger charge is -2.12. The van der Waals surface area contributed by atoms with Crippen LogP contribution in [-0.2, 0) is 5.75 Å². The van der Waals surface area contributed by atoms with E-state index in [1.165, 1.54) is 11.1 Å². The van der Waals surface area contributed by atoms with Crippen molar-refractivity contribution in [3.05, 3.63) is 51.5 Å². The second-order valence-corrected chi connectivity index (χ2v) is 7.53. The van der Waals surface area contributed by atoms with Gasteiger partial charge in [0.15, 0.2) is 11.5 Å². The molecule has 3 rings (SSSR count). The van der Waals surface area contributed by atoms with Crippen molar-refractivity contribution >= 4 is 27.7 Å². The van der Waals surface area contributed by atoms with Crippen LogP contribution in [0.4, 0.5) is 0 Å². The Balaban J connectivity index is 1.83. The Morgan fingerprint density at radius 1 is 1.04 bits per heavy atom. The Morgan fingerprint density at radius 3 is 2.46 bits per heavy atom. The number of hydrogen-bond donors (Lipinski definition) is 0. The molecule has 1 heterocycles. The standard InChI is InChI=1S/C18H19BrN4O2S/c1-11-5-6-14(7-12(11)2)23-18(20-21-22-23)26-10-13-8-16(24-3)17(25-4)9-15(13)19/h5-9H,10H2,1-4H3. The summed E-state index contributed by atoms with van der Waals surface area (Å²) in [5.74, 6) is 2.07. The number of ether oxygens (including phenoxy) is 2. The molecule has 0 fully saturated rings. The predicted octanol–water partition coefficient (Wildman–Crippen LogP) is 4.35. The summed E-state index contributed by atoms with van der Waals surface area (Å²) in [4.78, 5) is 0. The zero-order chi connectivity index (χ0) is 18.7. The van der Waals surface area contributed by atoms with Crippen LogP contribution in [0.2, 0.25) is 0 Å². The highest BCUT2D eigenvalue weighted by molar-refractivity contribution is 9.10. The zero-order valence-electron chi connectivity index (χ0n) is 15.0. The first kappa shape index (κ1) is 18.7. The molecule has 136 valence electrons. The van der Waals surface area contributed by atoms with Crippen LogP contribution in [-0.4, -0.2) is 34.4 Å². The Hall–Kier alpha value is -2.06. The molecule has 0 bridgehead atoms. The third-order valence-electron chi connectivity index (χ3n) is 4.09. The molecule has 26 heavy (non-hydrogen) atoms. The smallest absolute Gasteiger partial charge is 0.214 e. The number of aryl methyl sites for hydroxylation is 2. The number of tetrazole rings is 1. The Bertz CT molecular complexity index is 930. The maximum atomic E-state index is 5.39. The molecule has 0 aliphatic carbocycles. The molecule has 0 N–H and O–H groups in total. The summed E-state index contributed by atoms with van der Waals surface area (Å²) in [5.41, 5.74) is 4.47. The monoisotopic (exact) mass is 434 g/mol. The molecule has 8 heteroatoms. The van der Waals surface area contributed by atoms with Crippen molar-refractivity contribution in [1.29, 1.82) is 0 Å². The largest absolute Gasteiger partial charge is 0.493 e. The van der Waals surface area contributed by atoms with Gasteiger partial charge in [-0.1, -0.05) is 33.8 Å². The van der Waals surface area contributed by atoms with Crippen LogP contribution in [0, 0.1) is 13.8 Å². The number of rotatable bonds is 6. The minimum absolute atomic E-state index is 0.687. The van der Waals surface area contributed by atoms with Gasteiger partial charge in [-0.2, -0.15) is 4.68 Å². The molecule has 0 aliphatic rings. The van der Waals surface area contributed by atoms with Crippen LogP contribution < -0.4 is 9.47 Å². The van der Waals surface area contributed by atoms with E-state index in [9.17, 15) is 0 Å². The summed E-state index contributed by atoms with van der Waals surface area (Å²) >= 11 is 5.15. The maximum Gasteiger partial charge on any atom is 0.214 e. The van der Waals surface area contributed by atoms with Gasteiger partial charge in [-0.15, -0.1) is 5.10 Å². The average molecular weight is 435 g/mol. The molecular weight excluding hydrogens is 416 g/mol. The molecule has 0 aliphatic heterocycles. The second-order valence-electron chi connectivity index (χ2n) is 5.73. The van der Waals surface area contributed by atoms with E-state index in [1.54, 1.807) is 30.7 Å². The minimum Gasteiger partial charge on any atom is -0.493 e. The number of benzene rings is 2. The number of methoxy groups -OCH3 is 2. The molecule has 0 spiro atoms. The van der Waals surface area contributed by atoms with Crippen molar-refractivity contribution in [2.24, 2.45) is 0 Å². The lowest BCUT2D eigenvalue weighted by atomic mass is 10.1. The number of nitrogens with zero attached hydrogens (tertiary/aromatic N) is 4. The summed E-state index contributed by atoms with van der Waals surface area (Å²) in [6.07, 6.45) is 0. The van der Waals surface area contributed by atoms with Gasteiger partial charge in [0.05, 0.1) is 19.9 Å². The third kappa shape index (κ3) is 3.86. The van der Waals surface area contributed by atoms with E-state index in [4.69, 9.17) is 9.47 Å². The van der Waals surface area contributed by atoms with Gasteiger partial charge in [0, 0.05) is 10.2 Å². The van der Waals surface area contributed by atoms with E-state index in [0.29, 0.717) is 17.3 Å². The fourth-order valence-corrected chi connectivity index (χ4v) is 3.97. The first-order valence-corrected chi connectivity index (χ1v) is 9.70. The lowest BCUT2D eigenvalue weighted by molar-refractivity contribution is 0.354. The molecule has 2 aromatic carbocycles. The van der Waals surface area contributed by atoms with Gasteiger partial charge >= 0.3 is 0 Å². The SMILES string of the molecule is COc1cc(Br)c(CSc2nnnn2-c2ccc(C)c(C)c2)cc1OC. The Morgan fingerprint density at radius 2 is 1.77 bits per heavy atom. The lowest BCUT2D eigenvalue weighted by Crippen LogP contribution is -2.00. The summed E-state index contributed by atoms with van der Waals surface area (Å²) in [7, 11) is 3.25. The van der Waals surface area contributed by atoms with Crippen molar-refractivity contribution in [1.82, 2.24) is 20.2 Å². The van der Waals surface area contributed by atoms with Gasteiger partial charge in [-0.05, 0) is 65.2 Å². The first-order chi connectivity index (χ1) is 12.5. The Kier molecular flexibility index (Phi) is 5.83. The van der Waals surface area contributed by atoms with Crippen molar-refractivity contribution in [2.75, 3.05) is 14.2 Å². The maximum absolute atomic E-state index is 5.39. The molecule has 0 amide bonds. The van der Waals surface area contributed by atoms with Crippen LogP contribution >= 0.6 is 27.7 Å². The van der Waals surface area contributed by atoms with Crippen LogP contribution in [0.5, 0.6) is 11.5 Å². The van der Waals surface area contributed by atoms with E-state index < -0.39 is 0 Å². The van der Waals surface area contributed by atoms with E-state index in [-0.39, 0.29) is 0 Å². The molecule has 6 nitrogen and oxygen atoms in total. The normalized spacial score (nSPS) is 10.8. The number of hydrogen-bond acceptors (Lipinski definition) is 6. The van der Waals surface area contributed by atoms with Gasteiger partial charge in [0.25, 0.3) is 0 Å². The van der Waals surface area contributed by atoms with Gasteiger partial charge in [-0.25, -0.2) is 0 Å². The summed E-state index contributed by atoms with van der Waals surface area (Å²) in [6, 6.07) is 10.0. The number of aromatic nitrogens is 4. The molecule has 0 saturated carbocycles. The van der Waals surface area contributed by atoms with E-state index in [2.05, 4.69) is 57.4 Å². The number of halogens is 1. The van der Waals surface area contributed by atoms with E-state index in [1.807, 2.05) is 18.2 Å². The van der Waals surface area contributed by atoms with E-state index >= 15 is 0 Å². The highest BCUT2D eigenvalue weighted by Gasteiger charge is 2.13. The van der Waals surface area contributed by atoms with Gasteiger partial charge in [-0.3, -0.25) is 0 Å². The van der Waals surface area contributed by atoms with Crippen LogP contribution in [0.25, 0.3) is 5.69 Å². The molecule has 0 saturated heterocycles. The molecule has 3 aromatic rings. The van der Waals surface area contributed by atoms with Gasteiger partial charge < -0.3 is 9.47 Å². The van der Waals surface area contributed by atoms with Crippen LogP contribution in [0.3, 0.4) is 0 Å². The second kappa shape index (κ2) is 8.09. The average Bonchev–Trinajstić information content (AvgIpc) is 3.11. The fraction of sp³-hybridized carbons (Fsp3) is 0.278. The summed E-state index contributed by atoms with van der Waals surface area (Å²) in [6.45, 7) is 4.17. The summed E-state index contributed by atoms with van der Waals surface area (Å²) in [5, 5.41) is 12.9. The minimum atomic E-state index is 0.687. The van der Waals surface area contributed by atoms with Crippen LogP contribution in [0.15, 0.2) is 40.0 Å². The van der Waals surface area contributed by atoms with Gasteiger partial charge in [0.2, 0.25) is 5.16 Å². The van der Waals surface area contributed by atoms with Crippen molar-refractivity contribution in [2.45, 2.75) is 24.8 Å². The molecule has 1 aromatic heterocycles. The predicted molar refractivity (Wildman–Crippen MR) is 105 cm³/mol. The zero-order valence-corrected chi connectivity index (χ0v) is 17.4. The fourth-order valence-electron chi connectivity index (χ4n) is 2.44.